The van der Waals surface area contributed by atoms with E-state index in [1.54, 1.807) is 0 Å². The zero-order valence-electron chi connectivity index (χ0n) is 10.8. The van der Waals surface area contributed by atoms with Gasteiger partial charge < -0.3 is 9.84 Å². The van der Waals surface area contributed by atoms with Gasteiger partial charge in [-0.25, -0.2) is 0 Å². The highest BCUT2D eigenvalue weighted by molar-refractivity contribution is 5.67. The summed E-state index contributed by atoms with van der Waals surface area (Å²) in [5, 5.41) is 13.1. The van der Waals surface area contributed by atoms with Gasteiger partial charge in [0.15, 0.2) is 0 Å². The van der Waals surface area contributed by atoms with Crippen molar-refractivity contribution in [1.29, 1.82) is 0 Å². The Morgan fingerprint density at radius 1 is 1.67 bits per heavy atom. The number of carbonyl (C=O) groups is 1. The third-order valence-electron chi connectivity index (χ3n) is 3.47. The lowest BCUT2D eigenvalue weighted by Crippen LogP contribution is -2.45. The van der Waals surface area contributed by atoms with E-state index in [4.69, 9.17) is 9.84 Å². The first kappa shape index (κ1) is 13.0. The molecular formula is C12H19N3O3. The van der Waals surface area contributed by atoms with Crippen LogP contribution in [0.15, 0.2) is 6.20 Å². The molecule has 1 N–H and O–H groups in total. The Balaban J connectivity index is 2.05. The molecule has 1 fully saturated rings. The summed E-state index contributed by atoms with van der Waals surface area (Å²) in [6.07, 6.45) is 1.97. The smallest absolute Gasteiger partial charge is 0.305 e. The van der Waals surface area contributed by atoms with Crippen molar-refractivity contribution in [3.63, 3.8) is 0 Å². The van der Waals surface area contributed by atoms with Crippen LogP contribution in [0.25, 0.3) is 0 Å². The first-order valence-corrected chi connectivity index (χ1v) is 6.09. The number of aromatic nitrogens is 2. The molecule has 2 heterocycles. The van der Waals surface area contributed by atoms with Crippen molar-refractivity contribution >= 4 is 5.97 Å². The molecule has 0 aliphatic carbocycles. The maximum absolute atomic E-state index is 10.8. The molecule has 1 aliphatic rings. The average molecular weight is 253 g/mol. The maximum atomic E-state index is 10.8. The standard InChI is InChI=1S/C12H19N3O3/c1-9-10(6-13-14(9)2)7-15-3-4-18-8-11(15)5-12(16)17/h6,11H,3-5,7-8H2,1-2H3,(H,16,17). The Morgan fingerprint density at radius 2 is 2.44 bits per heavy atom. The van der Waals surface area contributed by atoms with Crippen molar-refractivity contribution in [3.8, 4) is 0 Å². The molecule has 18 heavy (non-hydrogen) atoms. The molecule has 1 atom stereocenters. The van der Waals surface area contributed by atoms with Gasteiger partial charge in [-0.2, -0.15) is 5.10 Å². The number of aryl methyl sites for hydroxylation is 1. The number of rotatable bonds is 4. The van der Waals surface area contributed by atoms with Crippen LogP contribution in [-0.4, -0.2) is 51.6 Å². The van der Waals surface area contributed by atoms with Crippen molar-refractivity contribution in [2.75, 3.05) is 19.8 Å². The van der Waals surface area contributed by atoms with Crippen LogP contribution in [0.4, 0.5) is 0 Å². The summed E-state index contributed by atoms with van der Waals surface area (Å²) in [6.45, 7) is 4.68. The molecule has 0 spiro atoms. The molecule has 0 amide bonds. The minimum absolute atomic E-state index is 0.0455. The number of carboxylic acid groups (broad SMARTS) is 1. The van der Waals surface area contributed by atoms with Gasteiger partial charge in [-0.3, -0.25) is 14.4 Å². The largest absolute Gasteiger partial charge is 0.481 e. The van der Waals surface area contributed by atoms with Crippen LogP contribution in [0, 0.1) is 6.92 Å². The Labute approximate surface area is 106 Å². The Hall–Kier alpha value is -1.40. The maximum Gasteiger partial charge on any atom is 0.305 e. The number of morpholine rings is 1. The molecule has 6 nitrogen and oxygen atoms in total. The van der Waals surface area contributed by atoms with Crippen molar-refractivity contribution < 1.29 is 14.6 Å². The van der Waals surface area contributed by atoms with Crippen LogP contribution >= 0.6 is 0 Å². The highest BCUT2D eigenvalue weighted by atomic mass is 16.5. The van der Waals surface area contributed by atoms with Crippen LogP contribution in [0.5, 0.6) is 0 Å². The van der Waals surface area contributed by atoms with E-state index in [2.05, 4.69) is 10.00 Å². The lowest BCUT2D eigenvalue weighted by atomic mass is 10.1. The topological polar surface area (TPSA) is 67.6 Å². The molecule has 0 radical (unpaired) electrons. The predicted molar refractivity (Wildman–Crippen MR) is 65.2 cm³/mol. The highest BCUT2D eigenvalue weighted by Gasteiger charge is 2.26. The minimum atomic E-state index is -0.779. The Morgan fingerprint density at radius 3 is 3.06 bits per heavy atom. The van der Waals surface area contributed by atoms with Gasteiger partial charge in [0, 0.05) is 37.4 Å². The van der Waals surface area contributed by atoms with Crippen LogP contribution in [0.3, 0.4) is 0 Å². The van der Waals surface area contributed by atoms with Crippen molar-refractivity contribution in [3.05, 3.63) is 17.5 Å². The summed E-state index contributed by atoms with van der Waals surface area (Å²) >= 11 is 0. The molecule has 6 heteroatoms. The van der Waals surface area contributed by atoms with E-state index in [-0.39, 0.29) is 12.5 Å². The van der Waals surface area contributed by atoms with Crippen LogP contribution in [0.2, 0.25) is 0 Å². The second-order valence-electron chi connectivity index (χ2n) is 4.68. The van der Waals surface area contributed by atoms with Gasteiger partial charge >= 0.3 is 5.97 Å². The molecule has 2 rings (SSSR count). The highest BCUT2D eigenvalue weighted by Crippen LogP contribution is 2.16. The average Bonchev–Trinajstić information content (AvgIpc) is 2.63. The molecule has 1 saturated heterocycles. The number of aliphatic carboxylic acids is 1. The van der Waals surface area contributed by atoms with Crippen molar-refractivity contribution in [2.45, 2.75) is 25.9 Å². The molecular weight excluding hydrogens is 234 g/mol. The second-order valence-corrected chi connectivity index (χ2v) is 4.68. The summed E-state index contributed by atoms with van der Waals surface area (Å²) in [7, 11) is 1.91. The normalized spacial score (nSPS) is 21.1. The zero-order chi connectivity index (χ0) is 13.1. The van der Waals surface area contributed by atoms with Gasteiger partial charge in [0.05, 0.1) is 25.8 Å². The fourth-order valence-electron chi connectivity index (χ4n) is 2.21. The quantitative estimate of drug-likeness (QED) is 0.841. The fourth-order valence-corrected chi connectivity index (χ4v) is 2.21. The van der Waals surface area contributed by atoms with Crippen molar-refractivity contribution in [1.82, 2.24) is 14.7 Å². The van der Waals surface area contributed by atoms with Gasteiger partial charge in [-0.15, -0.1) is 0 Å². The fraction of sp³-hybridized carbons (Fsp3) is 0.667. The lowest BCUT2D eigenvalue weighted by molar-refractivity contribution is -0.140. The first-order chi connectivity index (χ1) is 8.58. The van der Waals surface area contributed by atoms with Crippen LogP contribution < -0.4 is 0 Å². The summed E-state index contributed by atoms with van der Waals surface area (Å²) in [6, 6.07) is -0.0455. The van der Waals surface area contributed by atoms with Gasteiger partial charge in [0.2, 0.25) is 0 Å². The number of hydrogen-bond acceptors (Lipinski definition) is 4. The third kappa shape index (κ3) is 2.88. The molecule has 0 bridgehead atoms. The molecule has 1 aromatic heterocycles. The van der Waals surface area contributed by atoms with Crippen LogP contribution in [-0.2, 0) is 23.1 Å². The van der Waals surface area contributed by atoms with E-state index >= 15 is 0 Å². The van der Waals surface area contributed by atoms with Gasteiger partial charge in [0.1, 0.15) is 0 Å². The number of nitrogens with zero attached hydrogens (tertiary/aromatic N) is 3. The van der Waals surface area contributed by atoms with E-state index in [0.717, 1.165) is 24.3 Å². The van der Waals surface area contributed by atoms with Gasteiger partial charge in [-0.05, 0) is 6.92 Å². The third-order valence-corrected chi connectivity index (χ3v) is 3.47. The van der Waals surface area contributed by atoms with E-state index in [0.29, 0.717) is 13.2 Å². The van der Waals surface area contributed by atoms with Crippen molar-refractivity contribution in [2.24, 2.45) is 7.05 Å². The molecule has 1 unspecified atom stereocenters. The zero-order valence-corrected chi connectivity index (χ0v) is 10.8. The minimum Gasteiger partial charge on any atom is -0.481 e. The molecule has 100 valence electrons. The van der Waals surface area contributed by atoms with E-state index in [1.807, 2.05) is 24.9 Å². The SMILES string of the molecule is Cc1c(CN2CCOCC2CC(=O)O)cnn1C. The first-order valence-electron chi connectivity index (χ1n) is 6.09. The number of hydrogen-bond donors (Lipinski definition) is 1. The summed E-state index contributed by atoms with van der Waals surface area (Å²) in [4.78, 5) is 13.0. The van der Waals surface area contributed by atoms with E-state index in [1.165, 1.54) is 0 Å². The summed E-state index contributed by atoms with van der Waals surface area (Å²) < 4.78 is 7.20. The molecule has 1 aromatic rings. The molecule has 0 aromatic carbocycles. The number of ether oxygens (including phenoxy) is 1. The summed E-state index contributed by atoms with van der Waals surface area (Å²) in [5.41, 5.74) is 2.27. The monoisotopic (exact) mass is 253 g/mol. The second kappa shape index (κ2) is 5.49. The molecule has 1 aliphatic heterocycles. The number of carboxylic acids is 1. The predicted octanol–water partition coefficient (Wildman–Crippen LogP) is 0.404. The summed E-state index contributed by atoms with van der Waals surface area (Å²) in [5.74, 6) is -0.779. The van der Waals surface area contributed by atoms with E-state index < -0.39 is 5.97 Å². The Bertz CT molecular complexity index is 430. The van der Waals surface area contributed by atoms with Gasteiger partial charge in [-0.1, -0.05) is 0 Å². The van der Waals surface area contributed by atoms with Crippen LogP contribution in [0.1, 0.15) is 17.7 Å². The van der Waals surface area contributed by atoms with Gasteiger partial charge in [0.25, 0.3) is 0 Å². The lowest BCUT2D eigenvalue weighted by Gasteiger charge is -2.34. The van der Waals surface area contributed by atoms with E-state index in [9.17, 15) is 4.79 Å². The Kier molecular flexibility index (Phi) is 3.98. The molecule has 0 saturated carbocycles.